The summed E-state index contributed by atoms with van der Waals surface area (Å²) in [6.07, 6.45) is 0.876. The van der Waals surface area contributed by atoms with Crippen molar-refractivity contribution in [3.8, 4) is 0 Å². The molecule has 0 bridgehead atoms. The second-order valence-corrected chi connectivity index (χ2v) is 5.32. The zero-order valence-electron chi connectivity index (χ0n) is 11.2. The second-order valence-electron chi connectivity index (χ2n) is 5.32. The highest BCUT2D eigenvalue weighted by Gasteiger charge is 2.14. The average molecular weight is 253 g/mol. The minimum Gasteiger partial charge on any atom is -0.372 e. The molecule has 1 aliphatic heterocycles. The monoisotopic (exact) mass is 253 g/mol. The van der Waals surface area contributed by atoms with Crippen LogP contribution >= 0.6 is 0 Å². The Kier molecular flexibility index (Phi) is 3.36. The first-order valence-corrected chi connectivity index (χ1v) is 6.73. The highest BCUT2D eigenvalue weighted by molar-refractivity contribution is 5.35. The Bertz CT molecular complexity index is 592. The number of nitrogens with two attached hydrogens (primary N) is 1. The maximum Gasteiger partial charge on any atom is 0.0725 e. The first-order valence-electron chi connectivity index (χ1n) is 6.73. The third-order valence-electron chi connectivity index (χ3n) is 3.71. The lowest BCUT2D eigenvalue weighted by Crippen LogP contribution is -2.13. The lowest BCUT2D eigenvalue weighted by Gasteiger charge is -2.13. The van der Waals surface area contributed by atoms with Crippen LogP contribution in [0.1, 0.15) is 33.9 Å². The average Bonchev–Trinajstić information content (AvgIpc) is 2.85. The first-order chi connectivity index (χ1) is 9.22. The van der Waals surface area contributed by atoms with Crippen LogP contribution in [0.4, 0.5) is 0 Å². The molecule has 0 radical (unpaired) electrons. The number of ether oxygens (including phenoxy) is 1. The van der Waals surface area contributed by atoms with Crippen LogP contribution in [0.25, 0.3) is 0 Å². The summed E-state index contributed by atoms with van der Waals surface area (Å²) in [5, 5.41) is 0. The van der Waals surface area contributed by atoms with E-state index in [1.165, 1.54) is 27.8 Å². The molecule has 1 aliphatic rings. The number of aryl methyl sites for hydroxylation is 1. The molecule has 1 unspecified atom stereocenters. The van der Waals surface area contributed by atoms with Gasteiger partial charge < -0.3 is 10.5 Å². The SMILES string of the molecule is Cc1cccc(CC(N)c2ccc3c(c2)COC3)c1. The van der Waals surface area contributed by atoms with E-state index >= 15 is 0 Å². The zero-order chi connectivity index (χ0) is 13.2. The van der Waals surface area contributed by atoms with Gasteiger partial charge in [0.15, 0.2) is 0 Å². The molecule has 1 atom stereocenters. The van der Waals surface area contributed by atoms with Gasteiger partial charge in [-0.3, -0.25) is 0 Å². The Hall–Kier alpha value is -1.64. The number of benzene rings is 2. The molecular formula is C17H19NO. The number of rotatable bonds is 3. The van der Waals surface area contributed by atoms with Gasteiger partial charge in [-0.15, -0.1) is 0 Å². The summed E-state index contributed by atoms with van der Waals surface area (Å²) in [6, 6.07) is 15.1. The van der Waals surface area contributed by atoms with E-state index in [2.05, 4.69) is 49.4 Å². The van der Waals surface area contributed by atoms with Gasteiger partial charge in [0.25, 0.3) is 0 Å². The normalized spacial score (nSPS) is 15.3. The fourth-order valence-electron chi connectivity index (χ4n) is 2.63. The molecule has 0 spiro atoms. The largest absolute Gasteiger partial charge is 0.372 e. The van der Waals surface area contributed by atoms with E-state index in [1.54, 1.807) is 0 Å². The second kappa shape index (κ2) is 5.16. The molecule has 0 saturated heterocycles. The van der Waals surface area contributed by atoms with Crippen LogP contribution in [0.15, 0.2) is 42.5 Å². The van der Waals surface area contributed by atoms with Gasteiger partial charge in [0.2, 0.25) is 0 Å². The van der Waals surface area contributed by atoms with Gasteiger partial charge in [0.1, 0.15) is 0 Å². The molecule has 2 aromatic rings. The summed E-state index contributed by atoms with van der Waals surface area (Å²) in [7, 11) is 0. The van der Waals surface area contributed by atoms with E-state index in [1.807, 2.05) is 0 Å². The van der Waals surface area contributed by atoms with Crippen molar-refractivity contribution >= 4 is 0 Å². The van der Waals surface area contributed by atoms with Gasteiger partial charge in [-0.05, 0) is 35.6 Å². The number of fused-ring (bicyclic) bond motifs is 1. The lowest BCUT2D eigenvalue weighted by atomic mass is 9.96. The summed E-state index contributed by atoms with van der Waals surface area (Å²) in [5.74, 6) is 0. The smallest absolute Gasteiger partial charge is 0.0725 e. The molecule has 0 aliphatic carbocycles. The Labute approximate surface area is 114 Å². The Morgan fingerprint density at radius 2 is 1.95 bits per heavy atom. The molecule has 3 rings (SSSR count). The quantitative estimate of drug-likeness (QED) is 0.911. The molecule has 2 heteroatoms. The van der Waals surface area contributed by atoms with E-state index in [4.69, 9.17) is 10.5 Å². The summed E-state index contributed by atoms with van der Waals surface area (Å²) < 4.78 is 5.44. The molecule has 1 heterocycles. The molecule has 19 heavy (non-hydrogen) atoms. The summed E-state index contributed by atoms with van der Waals surface area (Å²) >= 11 is 0. The van der Waals surface area contributed by atoms with E-state index in [0.29, 0.717) is 0 Å². The van der Waals surface area contributed by atoms with Crippen molar-refractivity contribution in [3.05, 3.63) is 70.3 Å². The van der Waals surface area contributed by atoms with Crippen LogP contribution in [0.5, 0.6) is 0 Å². The van der Waals surface area contributed by atoms with Crippen LogP contribution in [-0.2, 0) is 24.4 Å². The molecule has 98 valence electrons. The Balaban J connectivity index is 1.78. The minimum absolute atomic E-state index is 0.0488. The van der Waals surface area contributed by atoms with Crippen molar-refractivity contribution in [3.63, 3.8) is 0 Å². The van der Waals surface area contributed by atoms with Gasteiger partial charge in [0, 0.05) is 6.04 Å². The van der Waals surface area contributed by atoms with E-state index in [9.17, 15) is 0 Å². The summed E-state index contributed by atoms with van der Waals surface area (Å²) in [6.45, 7) is 3.57. The lowest BCUT2D eigenvalue weighted by molar-refractivity contribution is 0.134. The molecule has 0 fully saturated rings. The standard InChI is InChI=1S/C17H19NO/c1-12-3-2-4-13(7-12)8-17(18)14-5-6-15-10-19-11-16(15)9-14/h2-7,9,17H,8,10-11,18H2,1H3. The molecular weight excluding hydrogens is 234 g/mol. The summed E-state index contributed by atoms with van der Waals surface area (Å²) in [5.41, 5.74) is 12.7. The van der Waals surface area contributed by atoms with Gasteiger partial charge >= 0.3 is 0 Å². The van der Waals surface area contributed by atoms with Crippen molar-refractivity contribution in [2.45, 2.75) is 32.6 Å². The molecule has 2 aromatic carbocycles. The van der Waals surface area contributed by atoms with Crippen molar-refractivity contribution in [2.24, 2.45) is 5.73 Å². The van der Waals surface area contributed by atoms with Gasteiger partial charge in [-0.2, -0.15) is 0 Å². The highest BCUT2D eigenvalue weighted by Crippen LogP contribution is 2.24. The van der Waals surface area contributed by atoms with Gasteiger partial charge in [-0.25, -0.2) is 0 Å². The summed E-state index contributed by atoms with van der Waals surface area (Å²) in [4.78, 5) is 0. The van der Waals surface area contributed by atoms with E-state index in [-0.39, 0.29) is 6.04 Å². The Morgan fingerprint density at radius 3 is 2.79 bits per heavy atom. The predicted molar refractivity (Wildman–Crippen MR) is 76.7 cm³/mol. The maximum absolute atomic E-state index is 6.33. The fraction of sp³-hybridized carbons (Fsp3) is 0.294. The third kappa shape index (κ3) is 2.70. The van der Waals surface area contributed by atoms with Crippen LogP contribution in [-0.4, -0.2) is 0 Å². The Morgan fingerprint density at radius 1 is 1.11 bits per heavy atom. The fourth-order valence-corrected chi connectivity index (χ4v) is 2.63. The van der Waals surface area contributed by atoms with Gasteiger partial charge in [0.05, 0.1) is 13.2 Å². The van der Waals surface area contributed by atoms with Crippen molar-refractivity contribution < 1.29 is 4.74 Å². The molecule has 0 saturated carbocycles. The third-order valence-corrected chi connectivity index (χ3v) is 3.71. The predicted octanol–water partition coefficient (Wildman–Crippen LogP) is 3.27. The van der Waals surface area contributed by atoms with E-state index in [0.717, 1.165) is 19.6 Å². The topological polar surface area (TPSA) is 35.2 Å². The highest BCUT2D eigenvalue weighted by atomic mass is 16.5. The number of hydrogen-bond acceptors (Lipinski definition) is 2. The molecule has 2 nitrogen and oxygen atoms in total. The molecule has 0 aromatic heterocycles. The molecule has 0 amide bonds. The van der Waals surface area contributed by atoms with Crippen LogP contribution in [0, 0.1) is 6.92 Å². The minimum atomic E-state index is 0.0488. The van der Waals surface area contributed by atoms with Crippen molar-refractivity contribution in [1.82, 2.24) is 0 Å². The van der Waals surface area contributed by atoms with Crippen LogP contribution < -0.4 is 5.73 Å². The zero-order valence-corrected chi connectivity index (χ0v) is 11.2. The van der Waals surface area contributed by atoms with E-state index < -0.39 is 0 Å². The van der Waals surface area contributed by atoms with Crippen molar-refractivity contribution in [2.75, 3.05) is 0 Å². The maximum atomic E-state index is 6.33. The number of hydrogen-bond donors (Lipinski definition) is 1. The molecule has 2 N–H and O–H groups in total. The van der Waals surface area contributed by atoms with Crippen molar-refractivity contribution in [1.29, 1.82) is 0 Å². The first kappa shape index (κ1) is 12.4. The van der Waals surface area contributed by atoms with Gasteiger partial charge in [-0.1, -0.05) is 48.0 Å². The van der Waals surface area contributed by atoms with Crippen LogP contribution in [0.2, 0.25) is 0 Å². The van der Waals surface area contributed by atoms with Crippen LogP contribution in [0.3, 0.4) is 0 Å².